The standard InChI is InChI=1S/C16H17NO7/c1-21-12-6-10(16(19)20)7-13(22-2)15(12)24-9-14(18)17-8-11-4-3-5-23-11/h3-7H,8-9H2,1-2H3,(H,17,18)(H,19,20). The van der Waals surface area contributed by atoms with Crippen molar-refractivity contribution in [1.29, 1.82) is 0 Å². The second-order valence-electron chi connectivity index (χ2n) is 4.66. The van der Waals surface area contributed by atoms with Crippen molar-refractivity contribution in [1.82, 2.24) is 5.32 Å². The Labute approximate surface area is 137 Å². The van der Waals surface area contributed by atoms with E-state index in [2.05, 4.69) is 5.32 Å². The summed E-state index contributed by atoms with van der Waals surface area (Å²) in [5.41, 5.74) is -0.0154. The quantitative estimate of drug-likeness (QED) is 0.756. The first-order valence-electron chi connectivity index (χ1n) is 6.96. The van der Waals surface area contributed by atoms with Gasteiger partial charge in [0.2, 0.25) is 5.75 Å². The van der Waals surface area contributed by atoms with Gasteiger partial charge in [-0.15, -0.1) is 0 Å². The van der Waals surface area contributed by atoms with Crippen LogP contribution >= 0.6 is 0 Å². The molecular formula is C16H17NO7. The zero-order valence-electron chi connectivity index (χ0n) is 13.2. The molecule has 1 aromatic heterocycles. The van der Waals surface area contributed by atoms with Crippen LogP contribution in [0.2, 0.25) is 0 Å². The Morgan fingerprint density at radius 1 is 1.21 bits per heavy atom. The van der Waals surface area contributed by atoms with E-state index in [4.69, 9.17) is 23.7 Å². The molecule has 8 nitrogen and oxygen atoms in total. The van der Waals surface area contributed by atoms with Crippen LogP contribution in [0.15, 0.2) is 34.9 Å². The number of aromatic carboxylic acids is 1. The molecule has 0 radical (unpaired) electrons. The van der Waals surface area contributed by atoms with E-state index in [-0.39, 0.29) is 41.9 Å². The van der Waals surface area contributed by atoms with Gasteiger partial charge in [-0.2, -0.15) is 0 Å². The molecule has 8 heteroatoms. The van der Waals surface area contributed by atoms with Gasteiger partial charge in [0.05, 0.1) is 32.6 Å². The zero-order chi connectivity index (χ0) is 17.5. The number of rotatable bonds is 8. The second kappa shape index (κ2) is 7.91. The van der Waals surface area contributed by atoms with Gasteiger partial charge in [-0.3, -0.25) is 4.79 Å². The van der Waals surface area contributed by atoms with E-state index < -0.39 is 5.97 Å². The molecule has 1 heterocycles. The van der Waals surface area contributed by atoms with E-state index in [1.165, 1.54) is 32.6 Å². The van der Waals surface area contributed by atoms with Crippen LogP contribution in [0.3, 0.4) is 0 Å². The van der Waals surface area contributed by atoms with Gasteiger partial charge in [-0.05, 0) is 24.3 Å². The molecule has 0 aliphatic heterocycles. The van der Waals surface area contributed by atoms with Crippen molar-refractivity contribution < 1.29 is 33.3 Å². The largest absolute Gasteiger partial charge is 0.493 e. The van der Waals surface area contributed by atoms with Crippen LogP contribution in [0, 0.1) is 0 Å². The number of carboxylic acid groups (broad SMARTS) is 1. The summed E-state index contributed by atoms with van der Waals surface area (Å²) in [6, 6.07) is 6.04. The van der Waals surface area contributed by atoms with Crippen molar-refractivity contribution in [3.8, 4) is 17.2 Å². The van der Waals surface area contributed by atoms with Crippen LogP contribution in [0.4, 0.5) is 0 Å². The molecule has 0 saturated carbocycles. The third-order valence-corrected chi connectivity index (χ3v) is 3.10. The zero-order valence-corrected chi connectivity index (χ0v) is 13.2. The lowest BCUT2D eigenvalue weighted by atomic mass is 10.2. The number of hydrogen-bond donors (Lipinski definition) is 2. The van der Waals surface area contributed by atoms with Gasteiger partial charge < -0.3 is 29.1 Å². The summed E-state index contributed by atoms with van der Waals surface area (Å²) in [6.45, 7) is -0.0543. The van der Waals surface area contributed by atoms with Crippen LogP contribution in [0.25, 0.3) is 0 Å². The van der Waals surface area contributed by atoms with Crippen LogP contribution in [0.1, 0.15) is 16.1 Å². The Morgan fingerprint density at radius 3 is 2.38 bits per heavy atom. The molecule has 1 aromatic carbocycles. The molecule has 0 aliphatic rings. The summed E-state index contributed by atoms with van der Waals surface area (Å²) in [5.74, 6) is -0.425. The number of hydrogen-bond acceptors (Lipinski definition) is 6. The highest BCUT2D eigenvalue weighted by Gasteiger charge is 2.18. The van der Waals surface area contributed by atoms with Crippen LogP contribution in [-0.2, 0) is 11.3 Å². The molecule has 2 aromatic rings. The number of ether oxygens (including phenoxy) is 3. The Hall–Kier alpha value is -3.16. The minimum atomic E-state index is -1.13. The number of carbonyl (C=O) groups excluding carboxylic acids is 1. The SMILES string of the molecule is COc1cc(C(=O)O)cc(OC)c1OCC(=O)NCc1ccco1. The van der Waals surface area contributed by atoms with Gasteiger partial charge in [0, 0.05) is 0 Å². The average Bonchev–Trinajstić information content (AvgIpc) is 3.10. The predicted molar refractivity (Wildman–Crippen MR) is 82.6 cm³/mol. The van der Waals surface area contributed by atoms with Crippen molar-refractivity contribution in [2.75, 3.05) is 20.8 Å². The van der Waals surface area contributed by atoms with Gasteiger partial charge in [0.15, 0.2) is 18.1 Å². The molecule has 128 valence electrons. The number of benzene rings is 1. The fourth-order valence-electron chi connectivity index (χ4n) is 1.93. The minimum Gasteiger partial charge on any atom is -0.493 e. The molecule has 0 unspecified atom stereocenters. The number of methoxy groups -OCH3 is 2. The molecule has 0 spiro atoms. The van der Waals surface area contributed by atoms with Crippen LogP contribution in [0.5, 0.6) is 17.2 Å². The summed E-state index contributed by atoms with van der Waals surface area (Å²) in [4.78, 5) is 22.9. The fraction of sp³-hybridized carbons (Fsp3) is 0.250. The molecule has 1 amide bonds. The van der Waals surface area contributed by atoms with Crippen LogP contribution < -0.4 is 19.5 Å². The van der Waals surface area contributed by atoms with Gasteiger partial charge in [0.1, 0.15) is 5.76 Å². The maximum absolute atomic E-state index is 11.8. The number of carbonyl (C=O) groups is 2. The number of carboxylic acids is 1. The maximum Gasteiger partial charge on any atom is 0.335 e. The summed E-state index contributed by atoms with van der Waals surface area (Å²) in [7, 11) is 2.73. The van der Waals surface area contributed by atoms with Crippen molar-refractivity contribution in [3.63, 3.8) is 0 Å². The Balaban J connectivity index is 2.05. The number of amides is 1. The molecule has 2 N–H and O–H groups in total. The van der Waals surface area contributed by atoms with Gasteiger partial charge in [-0.1, -0.05) is 0 Å². The number of nitrogens with one attached hydrogen (secondary N) is 1. The van der Waals surface area contributed by atoms with E-state index in [0.717, 1.165) is 0 Å². The Bertz CT molecular complexity index is 684. The molecule has 0 saturated heterocycles. The summed E-state index contributed by atoms with van der Waals surface area (Å²) in [6.07, 6.45) is 1.51. The van der Waals surface area contributed by atoms with E-state index >= 15 is 0 Å². The number of furan rings is 1. The average molecular weight is 335 g/mol. The van der Waals surface area contributed by atoms with Crippen LogP contribution in [-0.4, -0.2) is 37.8 Å². The molecular weight excluding hydrogens is 318 g/mol. The molecule has 2 rings (SSSR count). The van der Waals surface area contributed by atoms with Crippen molar-refractivity contribution in [3.05, 3.63) is 41.9 Å². The molecule has 24 heavy (non-hydrogen) atoms. The molecule has 0 fully saturated rings. The summed E-state index contributed by atoms with van der Waals surface area (Å²) in [5, 5.41) is 11.7. The predicted octanol–water partition coefficient (Wildman–Crippen LogP) is 1.69. The Morgan fingerprint density at radius 2 is 1.88 bits per heavy atom. The Kier molecular flexibility index (Phi) is 5.67. The van der Waals surface area contributed by atoms with Crippen molar-refractivity contribution >= 4 is 11.9 Å². The monoisotopic (exact) mass is 335 g/mol. The smallest absolute Gasteiger partial charge is 0.335 e. The summed E-state index contributed by atoms with van der Waals surface area (Å²) >= 11 is 0. The first kappa shape index (κ1) is 17.2. The van der Waals surface area contributed by atoms with Gasteiger partial charge in [0.25, 0.3) is 5.91 Å². The van der Waals surface area contributed by atoms with E-state index in [9.17, 15) is 9.59 Å². The second-order valence-corrected chi connectivity index (χ2v) is 4.66. The normalized spacial score (nSPS) is 10.1. The lowest BCUT2D eigenvalue weighted by molar-refractivity contribution is -0.123. The van der Waals surface area contributed by atoms with E-state index in [0.29, 0.717) is 5.76 Å². The molecule has 0 atom stereocenters. The van der Waals surface area contributed by atoms with E-state index in [1.807, 2.05) is 0 Å². The fourth-order valence-corrected chi connectivity index (χ4v) is 1.93. The first-order valence-corrected chi connectivity index (χ1v) is 6.96. The highest BCUT2D eigenvalue weighted by atomic mass is 16.5. The summed E-state index contributed by atoms with van der Waals surface area (Å²) < 4.78 is 20.8. The molecule has 0 aliphatic carbocycles. The van der Waals surface area contributed by atoms with Crippen molar-refractivity contribution in [2.24, 2.45) is 0 Å². The third-order valence-electron chi connectivity index (χ3n) is 3.10. The highest BCUT2D eigenvalue weighted by molar-refractivity contribution is 5.89. The lowest BCUT2D eigenvalue weighted by Gasteiger charge is -2.15. The lowest BCUT2D eigenvalue weighted by Crippen LogP contribution is -2.28. The minimum absolute atomic E-state index is 0.0154. The molecule has 0 bridgehead atoms. The van der Waals surface area contributed by atoms with Gasteiger partial charge in [-0.25, -0.2) is 4.79 Å². The van der Waals surface area contributed by atoms with E-state index in [1.54, 1.807) is 12.1 Å². The van der Waals surface area contributed by atoms with Crippen molar-refractivity contribution in [2.45, 2.75) is 6.54 Å². The van der Waals surface area contributed by atoms with Gasteiger partial charge >= 0.3 is 5.97 Å². The maximum atomic E-state index is 11.8. The highest BCUT2D eigenvalue weighted by Crippen LogP contribution is 2.38. The third kappa shape index (κ3) is 4.19. The topological polar surface area (TPSA) is 107 Å². The first-order chi connectivity index (χ1) is 11.5.